The number of hydrogen-bond donors (Lipinski definition) is 2. The second-order valence-corrected chi connectivity index (χ2v) is 7.61. The molecule has 0 aromatic heterocycles. The monoisotopic (exact) mass is 387 g/mol. The molecule has 1 aromatic carbocycles. The molecule has 0 atom stereocenters. The number of nitrogens with one attached hydrogen (secondary N) is 2. The fraction of sp³-hybridized carbons (Fsp3) is 0.381. The lowest BCUT2D eigenvalue weighted by atomic mass is 9.98. The maximum absolute atomic E-state index is 12.5. The highest BCUT2D eigenvalue weighted by Gasteiger charge is 2.39. The number of hydrogen-bond acceptors (Lipinski definition) is 3. The zero-order valence-electron chi connectivity index (χ0n) is 16.0. The van der Waals surface area contributed by atoms with Gasteiger partial charge in [-0.15, -0.1) is 0 Å². The lowest BCUT2D eigenvalue weighted by Gasteiger charge is -2.26. The van der Waals surface area contributed by atoms with E-state index in [-0.39, 0.29) is 29.5 Å². The van der Waals surface area contributed by atoms with Gasteiger partial charge in [-0.05, 0) is 64.0 Å². The summed E-state index contributed by atoms with van der Waals surface area (Å²) >= 11 is 6.10. The fourth-order valence-electron chi connectivity index (χ4n) is 2.81. The minimum absolute atomic E-state index is 0.141. The summed E-state index contributed by atoms with van der Waals surface area (Å²) in [7, 11) is 0. The Labute approximate surface area is 165 Å². The van der Waals surface area contributed by atoms with Crippen LogP contribution in [0.2, 0.25) is 5.02 Å². The first-order valence-electron chi connectivity index (χ1n) is 8.97. The van der Waals surface area contributed by atoms with Crippen LogP contribution in [0.5, 0.6) is 0 Å². The van der Waals surface area contributed by atoms with Crippen LogP contribution in [-0.4, -0.2) is 24.1 Å². The van der Waals surface area contributed by atoms with E-state index >= 15 is 0 Å². The average Bonchev–Trinajstić information content (AvgIpc) is 3.45. The van der Waals surface area contributed by atoms with Gasteiger partial charge in [-0.3, -0.25) is 14.6 Å². The Morgan fingerprint density at radius 2 is 2.00 bits per heavy atom. The number of halogens is 1. The number of benzene rings is 1. The van der Waals surface area contributed by atoms with Crippen molar-refractivity contribution in [2.75, 3.05) is 0 Å². The van der Waals surface area contributed by atoms with Gasteiger partial charge in [0.05, 0.1) is 6.42 Å². The van der Waals surface area contributed by atoms with Gasteiger partial charge in [0.2, 0.25) is 5.91 Å². The standard InChI is InChI=1S/C21H26ClN3O2/c1-5-16(24-19(26)12-14-8-6-7-9-17(14)22)13-18(23-4)20(27)25-21(2,3)15-10-11-15/h5-9,13,15H,4,10-12H2,1-3H3,(H,24,26)(H,25,27)/b16-5+,18-13-. The first-order chi connectivity index (χ1) is 12.8. The molecule has 0 spiro atoms. The third kappa shape index (κ3) is 6.07. The smallest absolute Gasteiger partial charge is 0.270 e. The van der Waals surface area contributed by atoms with E-state index in [1.165, 1.54) is 6.08 Å². The van der Waals surface area contributed by atoms with Crippen LogP contribution in [0.3, 0.4) is 0 Å². The molecule has 144 valence electrons. The summed E-state index contributed by atoms with van der Waals surface area (Å²) in [6, 6.07) is 7.19. The summed E-state index contributed by atoms with van der Waals surface area (Å²) in [5, 5.41) is 6.32. The van der Waals surface area contributed by atoms with Gasteiger partial charge in [0.1, 0.15) is 5.70 Å². The van der Waals surface area contributed by atoms with Crippen LogP contribution in [-0.2, 0) is 16.0 Å². The van der Waals surface area contributed by atoms with E-state index < -0.39 is 0 Å². The molecule has 0 radical (unpaired) electrons. The van der Waals surface area contributed by atoms with Crippen LogP contribution in [0, 0.1) is 5.92 Å². The van der Waals surface area contributed by atoms with Crippen molar-refractivity contribution in [1.82, 2.24) is 10.6 Å². The number of carbonyl (C=O) groups excluding carboxylic acids is 2. The Morgan fingerprint density at radius 3 is 2.56 bits per heavy atom. The molecule has 1 saturated carbocycles. The summed E-state index contributed by atoms with van der Waals surface area (Å²) in [5.41, 5.74) is 1.09. The predicted octanol–water partition coefficient (Wildman–Crippen LogP) is 3.79. The molecule has 5 nitrogen and oxygen atoms in total. The van der Waals surface area contributed by atoms with Crippen LogP contribution in [0.25, 0.3) is 0 Å². The summed E-state index contributed by atoms with van der Waals surface area (Å²) in [6.07, 6.45) is 5.60. The Hall–Kier alpha value is -2.40. The lowest BCUT2D eigenvalue weighted by Crippen LogP contribution is -2.45. The van der Waals surface area contributed by atoms with E-state index in [0.717, 1.165) is 18.4 Å². The molecule has 0 unspecified atom stereocenters. The van der Waals surface area contributed by atoms with Crippen molar-refractivity contribution in [1.29, 1.82) is 0 Å². The molecule has 1 aliphatic carbocycles. The molecule has 6 heteroatoms. The lowest BCUT2D eigenvalue weighted by molar-refractivity contribution is -0.120. The minimum Gasteiger partial charge on any atom is -0.346 e. The number of amides is 2. The molecule has 1 fully saturated rings. The quantitative estimate of drug-likeness (QED) is 0.404. The summed E-state index contributed by atoms with van der Waals surface area (Å²) in [6.45, 7) is 9.26. The maximum atomic E-state index is 12.5. The van der Waals surface area contributed by atoms with Gasteiger partial charge in [-0.25, -0.2) is 0 Å². The number of allylic oxidation sites excluding steroid dienone is 2. The van der Waals surface area contributed by atoms with Crippen molar-refractivity contribution in [2.24, 2.45) is 10.9 Å². The number of nitrogens with zero attached hydrogens (tertiary/aromatic N) is 1. The predicted molar refractivity (Wildman–Crippen MR) is 110 cm³/mol. The molecule has 0 bridgehead atoms. The van der Waals surface area contributed by atoms with Crippen molar-refractivity contribution in [3.63, 3.8) is 0 Å². The highest BCUT2D eigenvalue weighted by atomic mass is 35.5. The van der Waals surface area contributed by atoms with Gasteiger partial charge in [-0.2, -0.15) is 0 Å². The summed E-state index contributed by atoms with van der Waals surface area (Å²) < 4.78 is 0. The third-order valence-electron chi connectivity index (χ3n) is 4.63. The maximum Gasteiger partial charge on any atom is 0.270 e. The Kier molecular flexibility index (Phi) is 6.97. The molecule has 0 aliphatic heterocycles. The van der Waals surface area contributed by atoms with Crippen LogP contribution in [0.15, 0.2) is 52.8 Å². The third-order valence-corrected chi connectivity index (χ3v) is 5.00. The highest BCUT2D eigenvalue weighted by Crippen LogP contribution is 2.39. The van der Waals surface area contributed by atoms with Gasteiger partial charge >= 0.3 is 0 Å². The molecule has 2 rings (SSSR count). The van der Waals surface area contributed by atoms with Crippen LogP contribution in [0.4, 0.5) is 0 Å². The van der Waals surface area contributed by atoms with Gasteiger partial charge in [0, 0.05) is 16.3 Å². The number of rotatable bonds is 8. The van der Waals surface area contributed by atoms with Gasteiger partial charge in [0.15, 0.2) is 0 Å². The van der Waals surface area contributed by atoms with Gasteiger partial charge in [-0.1, -0.05) is 35.9 Å². The molecular weight excluding hydrogens is 362 g/mol. The van der Waals surface area contributed by atoms with Crippen LogP contribution >= 0.6 is 11.6 Å². The summed E-state index contributed by atoms with van der Waals surface area (Å²) in [5.74, 6) is -0.0415. The van der Waals surface area contributed by atoms with E-state index in [1.807, 2.05) is 26.0 Å². The second-order valence-electron chi connectivity index (χ2n) is 7.20. The van der Waals surface area contributed by atoms with Gasteiger partial charge < -0.3 is 10.6 Å². The molecule has 1 aromatic rings. The van der Waals surface area contributed by atoms with Crippen LogP contribution in [0.1, 0.15) is 39.2 Å². The largest absolute Gasteiger partial charge is 0.346 e. The number of aliphatic imine (C=N–C) groups is 1. The molecule has 27 heavy (non-hydrogen) atoms. The SMILES string of the molecule is C=N/C(=C\C(=C/C)NC(=O)Cc1ccccc1Cl)C(=O)NC(C)(C)C1CC1. The first kappa shape index (κ1) is 20.9. The van der Waals surface area contributed by atoms with E-state index in [0.29, 0.717) is 16.6 Å². The van der Waals surface area contributed by atoms with Crippen molar-refractivity contribution in [3.8, 4) is 0 Å². The molecule has 0 saturated heterocycles. The number of carbonyl (C=O) groups is 2. The molecule has 0 heterocycles. The zero-order chi connectivity index (χ0) is 20.0. The molecule has 2 amide bonds. The van der Waals surface area contributed by atoms with Crippen molar-refractivity contribution in [3.05, 3.63) is 58.4 Å². The molecule has 1 aliphatic rings. The Bertz CT molecular complexity index is 792. The van der Waals surface area contributed by atoms with Crippen molar-refractivity contribution in [2.45, 2.75) is 45.6 Å². The van der Waals surface area contributed by atoms with Crippen molar-refractivity contribution < 1.29 is 9.59 Å². The zero-order valence-corrected chi connectivity index (χ0v) is 16.8. The summed E-state index contributed by atoms with van der Waals surface area (Å²) in [4.78, 5) is 28.7. The van der Waals surface area contributed by atoms with E-state index in [9.17, 15) is 9.59 Å². The highest BCUT2D eigenvalue weighted by molar-refractivity contribution is 6.31. The van der Waals surface area contributed by atoms with Crippen molar-refractivity contribution >= 4 is 30.1 Å². The first-order valence-corrected chi connectivity index (χ1v) is 9.35. The second kappa shape index (κ2) is 9.00. The van der Waals surface area contributed by atoms with E-state index in [2.05, 4.69) is 22.3 Å². The molecular formula is C21H26ClN3O2. The van der Waals surface area contributed by atoms with Crippen LogP contribution < -0.4 is 10.6 Å². The Balaban J connectivity index is 2.04. The van der Waals surface area contributed by atoms with Gasteiger partial charge in [0.25, 0.3) is 5.91 Å². The van der Waals surface area contributed by atoms with E-state index in [1.54, 1.807) is 25.1 Å². The molecule has 2 N–H and O–H groups in total. The average molecular weight is 388 g/mol. The Morgan fingerprint density at radius 1 is 1.33 bits per heavy atom. The van der Waals surface area contributed by atoms with E-state index in [4.69, 9.17) is 11.6 Å². The minimum atomic E-state index is -0.304. The fourth-order valence-corrected chi connectivity index (χ4v) is 3.01. The normalized spacial score (nSPS) is 15.3. The topological polar surface area (TPSA) is 70.6 Å².